The van der Waals surface area contributed by atoms with Crippen LogP contribution >= 0.6 is 23.1 Å². The lowest BCUT2D eigenvalue weighted by Crippen LogP contribution is -2.14. The largest absolute Gasteiger partial charge is 0.462 e. The summed E-state index contributed by atoms with van der Waals surface area (Å²) in [5.41, 5.74) is 11.1. The molecular formula is C12H14N6O3S2. The van der Waals surface area contributed by atoms with Crippen molar-refractivity contribution in [2.45, 2.75) is 12.1 Å². The zero-order chi connectivity index (χ0) is 16.8. The summed E-state index contributed by atoms with van der Waals surface area (Å²) >= 11 is 2.13. The fourth-order valence-corrected chi connectivity index (χ4v) is 2.84. The summed E-state index contributed by atoms with van der Waals surface area (Å²) in [5.74, 6) is -0.260. The molecule has 9 nitrogen and oxygen atoms in total. The first-order valence-corrected chi connectivity index (χ1v) is 8.23. The molecule has 0 bridgehead atoms. The highest BCUT2D eigenvalue weighted by molar-refractivity contribution is 7.99. The van der Waals surface area contributed by atoms with Gasteiger partial charge in [0, 0.05) is 6.07 Å². The van der Waals surface area contributed by atoms with Crippen molar-refractivity contribution in [2.75, 3.05) is 29.1 Å². The smallest absolute Gasteiger partial charge is 0.350 e. The molecule has 11 heteroatoms. The zero-order valence-electron chi connectivity index (χ0n) is 12.1. The van der Waals surface area contributed by atoms with Crippen LogP contribution in [0.2, 0.25) is 0 Å². The number of carbonyl (C=O) groups excluding carboxylic acids is 2. The number of esters is 1. The fraction of sp³-hybridized carbons (Fsp3) is 0.250. The van der Waals surface area contributed by atoms with E-state index in [0.29, 0.717) is 15.2 Å². The highest BCUT2D eigenvalue weighted by Crippen LogP contribution is 2.20. The minimum Gasteiger partial charge on any atom is -0.462 e. The van der Waals surface area contributed by atoms with Crippen molar-refractivity contribution in [2.24, 2.45) is 0 Å². The lowest BCUT2D eigenvalue weighted by Gasteiger charge is -2.03. The highest BCUT2D eigenvalue weighted by Gasteiger charge is 2.13. The molecule has 0 radical (unpaired) electrons. The third-order valence-electron chi connectivity index (χ3n) is 2.31. The number of amides is 1. The van der Waals surface area contributed by atoms with Gasteiger partial charge in [0.1, 0.15) is 16.5 Å². The number of carbonyl (C=O) groups is 2. The van der Waals surface area contributed by atoms with E-state index < -0.39 is 5.97 Å². The molecule has 0 saturated heterocycles. The van der Waals surface area contributed by atoms with Crippen molar-refractivity contribution in [3.8, 4) is 0 Å². The van der Waals surface area contributed by atoms with E-state index in [9.17, 15) is 9.59 Å². The molecule has 0 aromatic carbocycles. The van der Waals surface area contributed by atoms with Crippen LogP contribution in [-0.2, 0) is 9.53 Å². The summed E-state index contributed by atoms with van der Waals surface area (Å²) < 4.78 is 4.85. The Bertz CT molecular complexity index is 700. The monoisotopic (exact) mass is 354 g/mol. The lowest BCUT2D eigenvalue weighted by atomic mass is 10.5. The number of hydrogen-bond acceptors (Lipinski definition) is 10. The van der Waals surface area contributed by atoms with Gasteiger partial charge in [-0.2, -0.15) is 0 Å². The fourth-order valence-electron chi connectivity index (χ4n) is 1.44. The van der Waals surface area contributed by atoms with Gasteiger partial charge >= 0.3 is 5.97 Å². The summed E-state index contributed by atoms with van der Waals surface area (Å²) in [5, 5.41) is 3.20. The molecule has 2 heterocycles. The normalized spacial score (nSPS) is 10.3. The molecule has 0 atom stereocenters. The number of aromatic nitrogens is 3. The number of nitrogens with one attached hydrogen (secondary N) is 1. The Labute approximate surface area is 139 Å². The van der Waals surface area contributed by atoms with Gasteiger partial charge in [-0.15, -0.1) is 0 Å². The van der Waals surface area contributed by atoms with E-state index in [4.69, 9.17) is 16.2 Å². The second-order valence-corrected chi connectivity index (χ2v) is 6.06. The zero-order valence-corrected chi connectivity index (χ0v) is 13.7. The minimum atomic E-state index is -0.469. The maximum atomic E-state index is 11.9. The van der Waals surface area contributed by atoms with E-state index in [1.807, 2.05) is 0 Å². The molecule has 0 spiro atoms. The van der Waals surface area contributed by atoms with Crippen LogP contribution in [0.15, 0.2) is 17.4 Å². The molecule has 0 aliphatic heterocycles. The van der Waals surface area contributed by atoms with Gasteiger partial charge < -0.3 is 21.5 Å². The number of thiazole rings is 1. The number of rotatable bonds is 6. The van der Waals surface area contributed by atoms with Gasteiger partial charge in [-0.1, -0.05) is 23.1 Å². The Balaban J connectivity index is 1.88. The van der Waals surface area contributed by atoms with Gasteiger partial charge in [-0.05, 0) is 6.92 Å². The number of ether oxygens (including phenoxy) is 1. The number of thioether (sulfide) groups is 1. The van der Waals surface area contributed by atoms with E-state index in [2.05, 4.69) is 20.3 Å². The van der Waals surface area contributed by atoms with Crippen molar-refractivity contribution in [1.82, 2.24) is 15.0 Å². The Morgan fingerprint density at radius 2 is 2.04 bits per heavy atom. The van der Waals surface area contributed by atoms with E-state index >= 15 is 0 Å². The Morgan fingerprint density at radius 3 is 2.70 bits per heavy atom. The van der Waals surface area contributed by atoms with Gasteiger partial charge in [-0.25, -0.2) is 19.7 Å². The molecule has 0 unspecified atom stereocenters. The Kier molecular flexibility index (Phi) is 5.71. The Hall–Kier alpha value is -2.40. The van der Waals surface area contributed by atoms with Crippen molar-refractivity contribution in [1.29, 1.82) is 0 Å². The van der Waals surface area contributed by atoms with Crippen LogP contribution in [-0.4, -0.2) is 39.2 Å². The van der Waals surface area contributed by atoms with Crippen LogP contribution in [0.1, 0.15) is 16.6 Å². The minimum absolute atomic E-state index is 0.0528. The average molecular weight is 354 g/mol. The second-order valence-electron chi connectivity index (χ2n) is 4.09. The maximum absolute atomic E-state index is 11.9. The molecule has 0 saturated carbocycles. The van der Waals surface area contributed by atoms with Crippen LogP contribution in [0.3, 0.4) is 0 Å². The molecule has 0 aliphatic rings. The third-order valence-corrected chi connectivity index (χ3v) is 4.05. The molecular weight excluding hydrogens is 340 g/mol. The van der Waals surface area contributed by atoms with Crippen LogP contribution in [0.4, 0.5) is 16.8 Å². The van der Waals surface area contributed by atoms with Crippen molar-refractivity contribution in [3.63, 3.8) is 0 Å². The molecule has 0 fully saturated rings. The number of nitrogens with zero attached hydrogens (tertiary/aromatic N) is 3. The first-order chi connectivity index (χ1) is 11.0. The highest BCUT2D eigenvalue weighted by atomic mass is 32.2. The molecule has 2 aromatic heterocycles. The second kappa shape index (κ2) is 7.74. The summed E-state index contributed by atoms with van der Waals surface area (Å²) in [6.45, 7) is 1.99. The van der Waals surface area contributed by atoms with Gasteiger partial charge in [0.2, 0.25) is 5.91 Å². The third kappa shape index (κ3) is 5.07. The molecule has 5 N–H and O–H groups in total. The lowest BCUT2D eigenvalue weighted by molar-refractivity contribution is -0.113. The standard InChI is InChI=1S/C12H14N6O3S2/c1-2-21-10(20)6-4-15-11(23-6)18-9(19)5-22-12-16-7(13)3-8(14)17-12/h3-4H,2,5H2,1H3,(H,15,18,19)(H4,13,14,16,17). The van der Waals surface area contributed by atoms with E-state index in [0.717, 1.165) is 23.1 Å². The molecule has 2 aromatic rings. The number of nitrogen functional groups attached to an aromatic ring is 2. The molecule has 122 valence electrons. The number of anilines is 3. The summed E-state index contributed by atoms with van der Waals surface area (Å²) in [6, 6.07) is 1.43. The van der Waals surface area contributed by atoms with Gasteiger partial charge in [0.05, 0.1) is 18.6 Å². The summed E-state index contributed by atoms with van der Waals surface area (Å²) in [4.78, 5) is 35.6. The maximum Gasteiger partial charge on any atom is 0.350 e. The van der Waals surface area contributed by atoms with E-state index in [1.54, 1.807) is 6.92 Å². The van der Waals surface area contributed by atoms with Gasteiger partial charge in [0.15, 0.2) is 10.3 Å². The van der Waals surface area contributed by atoms with Crippen molar-refractivity contribution in [3.05, 3.63) is 17.1 Å². The number of nitrogens with two attached hydrogens (primary N) is 2. The predicted octanol–water partition coefficient (Wildman–Crippen LogP) is 1.00. The summed E-state index contributed by atoms with van der Waals surface area (Å²) in [6.07, 6.45) is 1.35. The Morgan fingerprint density at radius 1 is 1.35 bits per heavy atom. The van der Waals surface area contributed by atoms with E-state index in [-0.39, 0.29) is 29.9 Å². The van der Waals surface area contributed by atoms with Crippen LogP contribution in [0.5, 0.6) is 0 Å². The van der Waals surface area contributed by atoms with E-state index in [1.165, 1.54) is 12.3 Å². The topological polar surface area (TPSA) is 146 Å². The first-order valence-electron chi connectivity index (χ1n) is 6.43. The number of hydrogen-bond donors (Lipinski definition) is 3. The molecule has 23 heavy (non-hydrogen) atoms. The molecule has 2 rings (SSSR count). The summed E-state index contributed by atoms with van der Waals surface area (Å²) in [7, 11) is 0. The average Bonchev–Trinajstić information content (AvgIpc) is 2.93. The quantitative estimate of drug-likeness (QED) is 0.393. The van der Waals surface area contributed by atoms with Crippen LogP contribution in [0.25, 0.3) is 0 Å². The predicted molar refractivity (Wildman–Crippen MR) is 88.3 cm³/mol. The van der Waals surface area contributed by atoms with Crippen LogP contribution < -0.4 is 16.8 Å². The SMILES string of the molecule is CCOC(=O)c1cnc(NC(=O)CSc2nc(N)cc(N)n2)s1. The van der Waals surface area contributed by atoms with Gasteiger partial charge in [-0.3, -0.25) is 4.79 Å². The molecule has 1 amide bonds. The molecule has 0 aliphatic carbocycles. The van der Waals surface area contributed by atoms with Crippen molar-refractivity contribution < 1.29 is 14.3 Å². The first kappa shape index (κ1) is 17.0. The van der Waals surface area contributed by atoms with Crippen molar-refractivity contribution >= 4 is 51.7 Å². The van der Waals surface area contributed by atoms with Crippen LogP contribution in [0, 0.1) is 0 Å². The van der Waals surface area contributed by atoms with Gasteiger partial charge in [0.25, 0.3) is 0 Å².